The maximum absolute atomic E-state index is 5.60. The topological polar surface area (TPSA) is 30.5 Å². The number of hydrogen-bond donors (Lipinski definition) is 1. The van der Waals surface area contributed by atoms with Gasteiger partial charge in [0.25, 0.3) is 0 Å². The lowest BCUT2D eigenvalue weighted by atomic mass is 9.68. The van der Waals surface area contributed by atoms with Crippen LogP contribution in [0.5, 0.6) is 5.75 Å². The first kappa shape index (κ1) is 10.8. The van der Waals surface area contributed by atoms with Gasteiger partial charge in [-0.3, -0.25) is 0 Å². The molecule has 18 heavy (non-hydrogen) atoms. The Kier molecular flexibility index (Phi) is 2.39. The van der Waals surface area contributed by atoms with Crippen molar-refractivity contribution in [3.8, 4) is 5.75 Å². The summed E-state index contributed by atoms with van der Waals surface area (Å²) in [5.74, 6) is 1.81. The molecule has 2 fully saturated rings. The van der Waals surface area contributed by atoms with E-state index in [9.17, 15) is 0 Å². The van der Waals surface area contributed by atoms with Crippen LogP contribution in [0.15, 0.2) is 18.2 Å². The molecule has 0 radical (unpaired) electrons. The highest BCUT2D eigenvalue weighted by molar-refractivity contribution is 5.43. The summed E-state index contributed by atoms with van der Waals surface area (Å²) in [5, 5.41) is 3.49. The molecule has 3 aliphatic heterocycles. The lowest BCUT2D eigenvalue weighted by Gasteiger charge is -2.46. The van der Waals surface area contributed by atoms with Gasteiger partial charge in [0, 0.05) is 11.8 Å². The summed E-state index contributed by atoms with van der Waals surface area (Å²) >= 11 is 0. The Hall–Kier alpha value is -1.06. The molecule has 0 aliphatic carbocycles. The van der Waals surface area contributed by atoms with Gasteiger partial charge in [-0.25, -0.2) is 0 Å². The molecule has 2 saturated heterocycles. The minimum atomic E-state index is 0.265. The van der Waals surface area contributed by atoms with Crippen molar-refractivity contribution >= 4 is 0 Å². The van der Waals surface area contributed by atoms with Gasteiger partial charge in [-0.2, -0.15) is 0 Å². The third-order valence-corrected chi connectivity index (χ3v) is 4.83. The average molecular weight is 245 g/mol. The smallest absolute Gasteiger partial charge is 0.122 e. The molecular formula is C15H19NO2. The van der Waals surface area contributed by atoms with Crippen molar-refractivity contribution in [2.75, 3.05) is 32.9 Å². The summed E-state index contributed by atoms with van der Waals surface area (Å²) in [6.45, 7) is 4.91. The van der Waals surface area contributed by atoms with Gasteiger partial charge in [-0.15, -0.1) is 0 Å². The minimum Gasteiger partial charge on any atom is -0.493 e. The fourth-order valence-corrected chi connectivity index (χ4v) is 3.58. The Labute approximate surface area is 107 Å². The number of fused-ring (bicyclic) bond motifs is 1. The van der Waals surface area contributed by atoms with Gasteiger partial charge in [-0.1, -0.05) is 12.1 Å². The van der Waals surface area contributed by atoms with E-state index in [4.69, 9.17) is 9.47 Å². The van der Waals surface area contributed by atoms with Crippen LogP contribution in [0.1, 0.15) is 17.5 Å². The summed E-state index contributed by atoms with van der Waals surface area (Å²) in [6, 6.07) is 6.77. The van der Waals surface area contributed by atoms with Crippen molar-refractivity contribution in [1.29, 1.82) is 0 Å². The van der Waals surface area contributed by atoms with E-state index < -0.39 is 0 Å². The van der Waals surface area contributed by atoms with E-state index in [1.54, 1.807) is 0 Å². The number of nitrogens with one attached hydrogen (secondary N) is 1. The van der Waals surface area contributed by atoms with E-state index in [0.717, 1.165) is 51.0 Å². The molecule has 1 unspecified atom stereocenters. The molecule has 0 saturated carbocycles. The predicted molar refractivity (Wildman–Crippen MR) is 69.1 cm³/mol. The van der Waals surface area contributed by atoms with Gasteiger partial charge in [0.1, 0.15) is 5.75 Å². The molecule has 3 nitrogen and oxygen atoms in total. The number of rotatable bonds is 2. The summed E-state index contributed by atoms with van der Waals surface area (Å²) in [4.78, 5) is 0. The van der Waals surface area contributed by atoms with Crippen molar-refractivity contribution < 1.29 is 9.47 Å². The zero-order valence-electron chi connectivity index (χ0n) is 10.6. The Morgan fingerprint density at radius 1 is 1.28 bits per heavy atom. The highest BCUT2D eigenvalue weighted by Gasteiger charge is 2.48. The van der Waals surface area contributed by atoms with Crippen LogP contribution in [0.4, 0.5) is 0 Å². The number of hydrogen-bond acceptors (Lipinski definition) is 3. The quantitative estimate of drug-likeness (QED) is 0.856. The Bertz CT molecular complexity index is 462. The van der Waals surface area contributed by atoms with Crippen LogP contribution in [0.25, 0.3) is 0 Å². The highest BCUT2D eigenvalue weighted by atomic mass is 16.5. The third-order valence-electron chi connectivity index (χ3n) is 4.83. The van der Waals surface area contributed by atoms with Crippen molar-refractivity contribution in [2.24, 2.45) is 5.92 Å². The molecule has 0 spiro atoms. The molecule has 3 heteroatoms. The fourth-order valence-electron chi connectivity index (χ4n) is 3.58. The van der Waals surface area contributed by atoms with Crippen molar-refractivity contribution in [3.05, 3.63) is 29.3 Å². The Morgan fingerprint density at radius 3 is 2.94 bits per heavy atom. The molecule has 1 aromatic carbocycles. The molecule has 3 heterocycles. The maximum atomic E-state index is 5.60. The molecule has 0 amide bonds. The Morgan fingerprint density at radius 2 is 2.22 bits per heavy atom. The first-order chi connectivity index (χ1) is 8.88. The van der Waals surface area contributed by atoms with E-state index in [-0.39, 0.29) is 5.41 Å². The van der Waals surface area contributed by atoms with E-state index >= 15 is 0 Å². The van der Waals surface area contributed by atoms with Gasteiger partial charge >= 0.3 is 0 Å². The minimum absolute atomic E-state index is 0.265. The van der Waals surface area contributed by atoms with Crippen LogP contribution in [-0.4, -0.2) is 32.9 Å². The molecule has 1 atom stereocenters. The van der Waals surface area contributed by atoms with Crippen LogP contribution < -0.4 is 10.1 Å². The lowest BCUT2D eigenvalue weighted by Crippen LogP contribution is -2.53. The summed E-state index contributed by atoms with van der Waals surface area (Å²) < 4.78 is 11.2. The first-order valence-corrected chi connectivity index (χ1v) is 6.93. The highest BCUT2D eigenvalue weighted by Crippen LogP contribution is 2.43. The summed E-state index contributed by atoms with van der Waals surface area (Å²) in [6.07, 6.45) is 2.33. The lowest BCUT2D eigenvalue weighted by molar-refractivity contribution is -0.0869. The van der Waals surface area contributed by atoms with E-state index in [1.807, 2.05) is 0 Å². The fraction of sp³-hybridized carbons (Fsp3) is 0.600. The SMILES string of the molecule is c1cc2c(cc1C1(C3CCNC3)COC1)CCO2. The second-order valence-electron chi connectivity index (χ2n) is 5.76. The third kappa shape index (κ3) is 1.44. The number of benzene rings is 1. The molecule has 0 aromatic heterocycles. The van der Waals surface area contributed by atoms with Crippen LogP contribution in [0.3, 0.4) is 0 Å². The Balaban J connectivity index is 1.71. The van der Waals surface area contributed by atoms with Gasteiger partial charge in [0.2, 0.25) is 0 Å². The zero-order valence-corrected chi connectivity index (χ0v) is 10.6. The monoisotopic (exact) mass is 245 g/mol. The molecule has 4 rings (SSSR count). The first-order valence-electron chi connectivity index (χ1n) is 6.93. The second-order valence-corrected chi connectivity index (χ2v) is 5.76. The van der Waals surface area contributed by atoms with Gasteiger partial charge < -0.3 is 14.8 Å². The van der Waals surface area contributed by atoms with E-state index in [1.165, 1.54) is 17.5 Å². The molecule has 0 bridgehead atoms. The van der Waals surface area contributed by atoms with Gasteiger partial charge in [0.05, 0.1) is 19.8 Å². The van der Waals surface area contributed by atoms with Crippen LogP contribution in [-0.2, 0) is 16.6 Å². The number of ether oxygens (including phenoxy) is 2. The molecule has 96 valence electrons. The molecule has 3 aliphatic rings. The predicted octanol–water partition coefficient (Wildman–Crippen LogP) is 1.50. The van der Waals surface area contributed by atoms with E-state index in [0.29, 0.717) is 0 Å². The van der Waals surface area contributed by atoms with Crippen molar-refractivity contribution in [1.82, 2.24) is 5.32 Å². The summed E-state index contributed by atoms with van der Waals surface area (Å²) in [5.41, 5.74) is 3.11. The van der Waals surface area contributed by atoms with Crippen LogP contribution in [0, 0.1) is 5.92 Å². The van der Waals surface area contributed by atoms with Crippen LogP contribution in [0.2, 0.25) is 0 Å². The molecular weight excluding hydrogens is 226 g/mol. The van der Waals surface area contributed by atoms with Crippen LogP contribution >= 0.6 is 0 Å². The van der Waals surface area contributed by atoms with Crippen molar-refractivity contribution in [3.63, 3.8) is 0 Å². The second kappa shape index (κ2) is 3.97. The maximum Gasteiger partial charge on any atom is 0.122 e. The van der Waals surface area contributed by atoms with E-state index in [2.05, 4.69) is 23.5 Å². The zero-order chi connectivity index (χ0) is 12.0. The summed E-state index contributed by atoms with van der Waals surface area (Å²) in [7, 11) is 0. The standard InChI is InChI=1S/C15H19NO2/c1-2-14-11(4-6-18-14)7-12(1)15(9-17-10-15)13-3-5-16-8-13/h1-2,7,13,16H,3-6,8-10H2. The van der Waals surface area contributed by atoms with Gasteiger partial charge in [-0.05, 0) is 42.6 Å². The molecule has 1 N–H and O–H groups in total. The molecule has 1 aromatic rings. The van der Waals surface area contributed by atoms with Gasteiger partial charge in [0.15, 0.2) is 0 Å². The average Bonchev–Trinajstić information content (AvgIpc) is 2.96. The van der Waals surface area contributed by atoms with Crippen molar-refractivity contribution in [2.45, 2.75) is 18.3 Å². The normalized spacial score (nSPS) is 28.6. The largest absolute Gasteiger partial charge is 0.493 e.